The minimum Gasteiger partial charge on any atom is -0.379 e. The van der Waals surface area contributed by atoms with E-state index in [2.05, 4.69) is 10.6 Å². The molecule has 1 aromatic carbocycles. The van der Waals surface area contributed by atoms with Gasteiger partial charge in [-0.15, -0.1) is 0 Å². The zero-order valence-corrected chi connectivity index (χ0v) is 17.8. The van der Waals surface area contributed by atoms with Crippen LogP contribution in [0.3, 0.4) is 0 Å². The molecule has 0 aliphatic carbocycles. The fraction of sp³-hybridized carbons (Fsp3) is 0.526. The average molecular weight is 439 g/mol. The third kappa shape index (κ3) is 4.47. The number of hydrogen-bond donors (Lipinski definition) is 2. The Morgan fingerprint density at radius 1 is 1.20 bits per heavy atom. The highest BCUT2D eigenvalue weighted by atomic mass is 32.2. The molecule has 3 rings (SSSR count). The molecule has 2 heterocycles. The van der Waals surface area contributed by atoms with E-state index >= 15 is 0 Å². The Morgan fingerprint density at radius 2 is 1.83 bits per heavy atom. The van der Waals surface area contributed by atoms with Gasteiger partial charge in [-0.3, -0.25) is 14.5 Å². The largest absolute Gasteiger partial charge is 0.379 e. The van der Waals surface area contributed by atoms with Gasteiger partial charge in [-0.05, 0) is 37.6 Å². The van der Waals surface area contributed by atoms with E-state index in [1.807, 2.05) is 6.92 Å². The van der Waals surface area contributed by atoms with Crippen molar-refractivity contribution in [2.45, 2.75) is 37.1 Å². The fourth-order valence-corrected chi connectivity index (χ4v) is 4.96. The summed E-state index contributed by atoms with van der Waals surface area (Å²) in [6, 6.07) is 5.16. The summed E-state index contributed by atoms with van der Waals surface area (Å²) in [5.41, 5.74) is -0.633. The molecule has 11 heteroatoms. The Hall–Kier alpha value is -2.50. The number of morpholine rings is 1. The Balaban J connectivity index is 1.62. The van der Waals surface area contributed by atoms with Crippen molar-refractivity contribution in [1.29, 1.82) is 0 Å². The molecule has 1 atom stereocenters. The first-order valence-corrected chi connectivity index (χ1v) is 11.2. The van der Waals surface area contributed by atoms with Gasteiger partial charge in [0.15, 0.2) is 0 Å². The number of nitrogens with zero attached hydrogens (tertiary/aromatic N) is 2. The number of ether oxygens (including phenoxy) is 1. The SMILES string of the molecule is CCC[C@@]1(C)NC(=O)N(CC(=O)Nc2ccc(S(=O)(=O)N3CCOCC3)cc2)C1=O. The van der Waals surface area contributed by atoms with Gasteiger partial charge in [0.2, 0.25) is 15.9 Å². The highest BCUT2D eigenvalue weighted by Gasteiger charge is 2.47. The average Bonchev–Trinajstić information content (AvgIpc) is 2.92. The van der Waals surface area contributed by atoms with E-state index in [-0.39, 0.29) is 4.90 Å². The molecule has 0 aromatic heterocycles. The summed E-state index contributed by atoms with van der Waals surface area (Å²) in [5, 5.41) is 5.22. The summed E-state index contributed by atoms with van der Waals surface area (Å²) in [7, 11) is -3.62. The van der Waals surface area contributed by atoms with E-state index in [9.17, 15) is 22.8 Å². The summed E-state index contributed by atoms with van der Waals surface area (Å²) < 4.78 is 31.8. The maximum absolute atomic E-state index is 12.6. The van der Waals surface area contributed by atoms with E-state index < -0.39 is 40.0 Å². The van der Waals surface area contributed by atoms with Crippen molar-refractivity contribution in [2.75, 3.05) is 38.2 Å². The summed E-state index contributed by atoms with van der Waals surface area (Å²) >= 11 is 0. The maximum atomic E-state index is 12.6. The number of hydrogen-bond acceptors (Lipinski definition) is 6. The Bertz CT molecular complexity index is 927. The van der Waals surface area contributed by atoms with Crippen molar-refractivity contribution in [2.24, 2.45) is 0 Å². The number of amides is 4. The van der Waals surface area contributed by atoms with Crippen LogP contribution in [0.2, 0.25) is 0 Å². The lowest BCUT2D eigenvalue weighted by Crippen LogP contribution is -2.44. The van der Waals surface area contributed by atoms with E-state index in [0.717, 1.165) is 4.90 Å². The summed E-state index contributed by atoms with van der Waals surface area (Å²) in [6.45, 7) is 4.43. The summed E-state index contributed by atoms with van der Waals surface area (Å²) in [6.07, 6.45) is 1.19. The topological polar surface area (TPSA) is 125 Å². The molecule has 1 aromatic rings. The lowest BCUT2D eigenvalue weighted by atomic mass is 9.96. The number of nitrogens with one attached hydrogen (secondary N) is 2. The quantitative estimate of drug-likeness (QED) is 0.606. The first-order valence-electron chi connectivity index (χ1n) is 9.79. The lowest BCUT2D eigenvalue weighted by Gasteiger charge is -2.26. The molecule has 0 bridgehead atoms. The van der Waals surface area contributed by atoms with Gasteiger partial charge in [0.25, 0.3) is 5.91 Å². The summed E-state index contributed by atoms with van der Waals surface area (Å²) in [4.78, 5) is 37.9. The van der Waals surface area contributed by atoms with Crippen LogP contribution in [0.25, 0.3) is 0 Å². The molecule has 2 aliphatic rings. The van der Waals surface area contributed by atoms with Gasteiger partial charge in [-0.25, -0.2) is 13.2 Å². The number of urea groups is 1. The van der Waals surface area contributed by atoms with Gasteiger partial charge in [-0.2, -0.15) is 4.31 Å². The third-order valence-electron chi connectivity index (χ3n) is 5.14. The van der Waals surface area contributed by atoms with Crippen LogP contribution in [0, 0.1) is 0 Å². The monoisotopic (exact) mass is 438 g/mol. The zero-order valence-electron chi connectivity index (χ0n) is 17.0. The molecule has 2 aliphatic heterocycles. The van der Waals surface area contributed by atoms with Crippen LogP contribution < -0.4 is 10.6 Å². The molecule has 2 saturated heterocycles. The molecular weight excluding hydrogens is 412 g/mol. The van der Waals surface area contributed by atoms with Crippen LogP contribution in [0.5, 0.6) is 0 Å². The molecule has 0 radical (unpaired) electrons. The fourth-order valence-electron chi connectivity index (χ4n) is 3.55. The highest BCUT2D eigenvalue weighted by Crippen LogP contribution is 2.23. The molecular formula is C19H26N4O6S. The van der Waals surface area contributed by atoms with Crippen molar-refractivity contribution in [3.8, 4) is 0 Å². The number of carbonyl (C=O) groups excluding carboxylic acids is 3. The first-order chi connectivity index (χ1) is 14.2. The smallest absolute Gasteiger partial charge is 0.325 e. The molecule has 30 heavy (non-hydrogen) atoms. The van der Waals surface area contributed by atoms with Gasteiger partial charge in [0.1, 0.15) is 12.1 Å². The van der Waals surface area contributed by atoms with Crippen molar-refractivity contribution < 1.29 is 27.5 Å². The normalized spacial score (nSPS) is 22.8. The van der Waals surface area contributed by atoms with Crippen LogP contribution in [-0.4, -0.2) is 73.9 Å². The number of carbonyl (C=O) groups is 3. The first kappa shape index (κ1) is 22.2. The lowest BCUT2D eigenvalue weighted by molar-refractivity contribution is -0.133. The Morgan fingerprint density at radius 3 is 2.43 bits per heavy atom. The van der Waals surface area contributed by atoms with Crippen LogP contribution in [0.15, 0.2) is 29.2 Å². The molecule has 2 N–H and O–H groups in total. The minimum atomic E-state index is -3.62. The molecule has 0 spiro atoms. The minimum absolute atomic E-state index is 0.117. The molecule has 4 amide bonds. The second-order valence-electron chi connectivity index (χ2n) is 7.49. The molecule has 2 fully saturated rings. The second kappa shape index (κ2) is 8.70. The van der Waals surface area contributed by atoms with Crippen molar-refractivity contribution in [3.05, 3.63) is 24.3 Å². The summed E-state index contributed by atoms with van der Waals surface area (Å²) in [5.74, 6) is -0.987. The van der Waals surface area contributed by atoms with Gasteiger partial charge in [-0.1, -0.05) is 13.3 Å². The van der Waals surface area contributed by atoms with Crippen LogP contribution in [-0.2, 0) is 24.3 Å². The van der Waals surface area contributed by atoms with Gasteiger partial charge in [0.05, 0.1) is 18.1 Å². The van der Waals surface area contributed by atoms with Crippen LogP contribution >= 0.6 is 0 Å². The number of imide groups is 1. The third-order valence-corrected chi connectivity index (χ3v) is 7.06. The standard InChI is InChI=1S/C19H26N4O6S/c1-3-8-19(2)17(25)23(18(26)21-19)13-16(24)20-14-4-6-15(7-5-14)30(27,28)22-9-11-29-12-10-22/h4-7H,3,8-13H2,1-2H3,(H,20,24)(H,21,26)/t19-/m1/s1. The van der Waals surface area contributed by atoms with Crippen LogP contribution in [0.4, 0.5) is 10.5 Å². The maximum Gasteiger partial charge on any atom is 0.325 e. The van der Waals surface area contributed by atoms with Gasteiger partial charge < -0.3 is 15.4 Å². The second-order valence-corrected chi connectivity index (χ2v) is 9.43. The van der Waals surface area contributed by atoms with Crippen LogP contribution in [0.1, 0.15) is 26.7 Å². The Labute approximate surface area is 175 Å². The molecule has 164 valence electrons. The predicted molar refractivity (Wildman–Crippen MR) is 108 cm³/mol. The van der Waals surface area contributed by atoms with Crippen molar-refractivity contribution in [1.82, 2.24) is 14.5 Å². The molecule has 10 nitrogen and oxygen atoms in total. The molecule has 0 unspecified atom stereocenters. The number of sulfonamides is 1. The van der Waals surface area contributed by atoms with E-state index in [0.29, 0.717) is 44.8 Å². The number of anilines is 1. The molecule has 0 saturated carbocycles. The number of rotatable bonds is 7. The van der Waals surface area contributed by atoms with Crippen molar-refractivity contribution >= 4 is 33.6 Å². The van der Waals surface area contributed by atoms with E-state index in [4.69, 9.17) is 4.74 Å². The van der Waals surface area contributed by atoms with E-state index in [1.54, 1.807) is 6.92 Å². The zero-order chi connectivity index (χ0) is 21.9. The highest BCUT2D eigenvalue weighted by molar-refractivity contribution is 7.89. The van der Waals surface area contributed by atoms with Gasteiger partial charge in [0, 0.05) is 18.8 Å². The van der Waals surface area contributed by atoms with Gasteiger partial charge >= 0.3 is 6.03 Å². The predicted octanol–water partition coefficient (Wildman–Crippen LogP) is 0.757. The number of benzene rings is 1. The van der Waals surface area contributed by atoms with Crippen molar-refractivity contribution in [3.63, 3.8) is 0 Å². The van der Waals surface area contributed by atoms with E-state index in [1.165, 1.54) is 28.6 Å². The Kier molecular flexibility index (Phi) is 6.44.